The zero-order valence-electron chi connectivity index (χ0n) is 11.3. The Kier molecular flexibility index (Phi) is 7.06. The highest BCUT2D eigenvalue weighted by Gasteiger charge is 2.20. The Labute approximate surface area is 101 Å². The standard InChI is InChI=1S/C14H29NO/c1-4-15-13-7-9-14(10-8-13)16-11-5-6-12(2)3/h12-15H,4-11H2,1-3H3. The summed E-state index contributed by atoms with van der Waals surface area (Å²) in [6.07, 6.45) is 8.16. The Hall–Kier alpha value is -0.0800. The molecule has 16 heavy (non-hydrogen) atoms. The lowest BCUT2D eigenvalue weighted by molar-refractivity contribution is 0.0198. The summed E-state index contributed by atoms with van der Waals surface area (Å²) in [6.45, 7) is 8.82. The van der Waals surface area contributed by atoms with E-state index >= 15 is 0 Å². The van der Waals surface area contributed by atoms with Gasteiger partial charge in [-0.1, -0.05) is 20.8 Å². The molecular formula is C14H29NO. The van der Waals surface area contributed by atoms with Crippen molar-refractivity contribution in [1.82, 2.24) is 5.32 Å². The van der Waals surface area contributed by atoms with E-state index in [2.05, 4.69) is 26.1 Å². The molecule has 0 amide bonds. The average molecular weight is 227 g/mol. The van der Waals surface area contributed by atoms with Gasteiger partial charge in [0.1, 0.15) is 0 Å². The number of hydrogen-bond acceptors (Lipinski definition) is 2. The summed E-state index contributed by atoms with van der Waals surface area (Å²) >= 11 is 0. The fourth-order valence-corrected chi connectivity index (χ4v) is 2.46. The van der Waals surface area contributed by atoms with Gasteiger partial charge in [0.2, 0.25) is 0 Å². The van der Waals surface area contributed by atoms with Crippen LogP contribution in [0.2, 0.25) is 0 Å². The van der Waals surface area contributed by atoms with Crippen molar-refractivity contribution in [3.8, 4) is 0 Å². The first-order valence-corrected chi connectivity index (χ1v) is 7.07. The van der Waals surface area contributed by atoms with Gasteiger partial charge in [-0.05, 0) is 51.0 Å². The molecule has 96 valence electrons. The van der Waals surface area contributed by atoms with Gasteiger partial charge < -0.3 is 10.1 Å². The highest BCUT2D eigenvalue weighted by molar-refractivity contribution is 4.77. The molecule has 1 rings (SSSR count). The predicted molar refractivity (Wildman–Crippen MR) is 69.7 cm³/mol. The normalized spacial score (nSPS) is 26.2. The molecule has 0 saturated heterocycles. The van der Waals surface area contributed by atoms with Gasteiger partial charge in [-0.15, -0.1) is 0 Å². The quantitative estimate of drug-likeness (QED) is 0.673. The number of rotatable bonds is 7. The van der Waals surface area contributed by atoms with Crippen molar-refractivity contribution >= 4 is 0 Å². The van der Waals surface area contributed by atoms with Crippen LogP contribution in [0.3, 0.4) is 0 Å². The molecule has 1 aliphatic rings. The average Bonchev–Trinajstić information content (AvgIpc) is 2.27. The fourth-order valence-electron chi connectivity index (χ4n) is 2.46. The highest BCUT2D eigenvalue weighted by atomic mass is 16.5. The lowest BCUT2D eigenvalue weighted by Gasteiger charge is -2.29. The van der Waals surface area contributed by atoms with Crippen LogP contribution in [0.4, 0.5) is 0 Å². The molecule has 0 radical (unpaired) electrons. The minimum Gasteiger partial charge on any atom is -0.378 e. The first-order valence-electron chi connectivity index (χ1n) is 7.07. The Morgan fingerprint density at radius 3 is 2.44 bits per heavy atom. The Bertz CT molecular complexity index is 162. The molecular weight excluding hydrogens is 198 g/mol. The third-order valence-corrected chi connectivity index (χ3v) is 3.45. The lowest BCUT2D eigenvalue weighted by atomic mass is 9.93. The smallest absolute Gasteiger partial charge is 0.0576 e. The van der Waals surface area contributed by atoms with E-state index in [4.69, 9.17) is 4.74 Å². The van der Waals surface area contributed by atoms with Crippen LogP contribution < -0.4 is 5.32 Å². The number of nitrogens with one attached hydrogen (secondary N) is 1. The summed E-state index contributed by atoms with van der Waals surface area (Å²) < 4.78 is 5.93. The molecule has 2 nitrogen and oxygen atoms in total. The predicted octanol–water partition coefficient (Wildman–Crippen LogP) is 3.36. The Morgan fingerprint density at radius 2 is 1.88 bits per heavy atom. The van der Waals surface area contributed by atoms with Gasteiger partial charge in [0.05, 0.1) is 6.10 Å². The number of hydrogen-bond donors (Lipinski definition) is 1. The van der Waals surface area contributed by atoms with Crippen molar-refractivity contribution in [1.29, 1.82) is 0 Å². The zero-order valence-corrected chi connectivity index (χ0v) is 11.3. The van der Waals surface area contributed by atoms with Gasteiger partial charge in [0.25, 0.3) is 0 Å². The van der Waals surface area contributed by atoms with Crippen molar-refractivity contribution in [3.63, 3.8) is 0 Å². The van der Waals surface area contributed by atoms with E-state index in [1.165, 1.54) is 38.5 Å². The van der Waals surface area contributed by atoms with Crippen molar-refractivity contribution in [2.75, 3.05) is 13.2 Å². The van der Waals surface area contributed by atoms with E-state index in [0.29, 0.717) is 6.10 Å². The van der Waals surface area contributed by atoms with Crippen molar-refractivity contribution < 1.29 is 4.74 Å². The van der Waals surface area contributed by atoms with Crippen molar-refractivity contribution in [3.05, 3.63) is 0 Å². The summed E-state index contributed by atoms with van der Waals surface area (Å²) in [4.78, 5) is 0. The third-order valence-electron chi connectivity index (χ3n) is 3.45. The summed E-state index contributed by atoms with van der Waals surface area (Å²) in [7, 11) is 0. The second-order valence-corrected chi connectivity index (χ2v) is 5.44. The maximum absolute atomic E-state index is 5.93. The number of ether oxygens (including phenoxy) is 1. The summed E-state index contributed by atoms with van der Waals surface area (Å²) in [5.41, 5.74) is 0. The molecule has 0 bridgehead atoms. The van der Waals surface area contributed by atoms with Crippen LogP contribution in [0.1, 0.15) is 59.3 Å². The van der Waals surface area contributed by atoms with Gasteiger partial charge in [-0.25, -0.2) is 0 Å². The van der Waals surface area contributed by atoms with E-state index < -0.39 is 0 Å². The van der Waals surface area contributed by atoms with Crippen LogP contribution >= 0.6 is 0 Å². The minimum atomic E-state index is 0.544. The fraction of sp³-hybridized carbons (Fsp3) is 1.00. The van der Waals surface area contributed by atoms with E-state index in [1.807, 2.05) is 0 Å². The minimum absolute atomic E-state index is 0.544. The molecule has 1 N–H and O–H groups in total. The van der Waals surface area contributed by atoms with Gasteiger partial charge in [-0.3, -0.25) is 0 Å². The molecule has 0 atom stereocenters. The molecule has 1 fully saturated rings. The van der Waals surface area contributed by atoms with E-state index in [9.17, 15) is 0 Å². The van der Waals surface area contributed by atoms with Gasteiger partial charge in [-0.2, -0.15) is 0 Å². The highest BCUT2D eigenvalue weighted by Crippen LogP contribution is 2.21. The molecule has 0 aromatic heterocycles. The van der Waals surface area contributed by atoms with Gasteiger partial charge >= 0.3 is 0 Å². The molecule has 0 heterocycles. The summed E-state index contributed by atoms with van der Waals surface area (Å²) in [5.74, 6) is 0.813. The van der Waals surface area contributed by atoms with Crippen LogP contribution in [0.5, 0.6) is 0 Å². The van der Waals surface area contributed by atoms with E-state index in [1.54, 1.807) is 0 Å². The first kappa shape index (κ1) is 14.0. The Morgan fingerprint density at radius 1 is 1.19 bits per heavy atom. The van der Waals surface area contributed by atoms with Crippen molar-refractivity contribution in [2.45, 2.75) is 71.4 Å². The van der Waals surface area contributed by atoms with Crippen LogP contribution in [0.15, 0.2) is 0 Å². The molecule has 0 unspecified atom stereocenters. The van der Waals surface area contributed by atoms with Crippen LogP contribution in [0.25, 0.3) is 0 Å². The molecule has 0 aromatic rings. The lowest BCUT2D eigenvalue weighted by Crippen LogP contribution is -2.35. The topological polar surface area (TPSA) is 21.3 Å². The monoisotopic (exact) mass is 227 g/mol. The zero-order chi connectivity index (χ0) is 11.8. The largest absolute Gasteiger partial charge is 0.378 e. The molecule has 0 aliphatic heterocycles. The SMILES string of the molecule is CCNC1CCC(OCCCC(C)C)CC1. The Balaban J connectivity index is 1.99. The first-order chi connectivity index (χ1) is 7.72. The molecule has 0 spiro atoms. The van der Waals surface area contributed by atoms with Crippen molar-refractivity contribution in [2.24, 2.45) is 5.92 Å². The van der Waals surface area contributed by atoms with Gasteiger partial charge in [0.15, 0.2) is 0 Å². The maximum atomic E-state index is 5.93. The molecule has 0 aromatic carbocycles. The second kappa shape index (κ2) is 8.08. The van der Waals surface area contributed by atoms with Gasteiger partial charge in [0, 0.05) is 12.6 Å². The second-order valence-electron chi connectivity index (χ2n) is 5.44. The molecule has 1 aliphatic carbocycles. The summed E-state index contributed by atoms with van der Waals surface area (Å²) in [5, 5.41) is 3.53. The van der Waals surface area contributed by atoms with Crippen LogP contribution in [0, 0.1) is 5.92 Å². The van der Waals surface area contributed by atoms with Crippen LogP contribution in [-0.4, -0.2) is 25.3 Å². The molecule has 1 saturated carbocycles. The third kappa shape index (κ3) is 5.86. The maximum Gasteiger partial charge on any atom is 0.0576 e. The van der Waals surface area contributed by atoms with E-state index in [0.717, 1.165) is 25.1 Å². The summed E-state index contributed by atoms with van der Waals surface area (Å²) in [6, 6.07) is 0.750. The van der Waals surface area contributed by atoms with Crippen LogP contribution in [-0.2, 0) is 4.74 Å². The molecule has 2 heteroatoms. The van der Waals surface area contributed by atoms with E-state index in [-0.39, 0.29) is 0 Å².